The van der Waals surface area contributed by atoms with Crippen LogP contribution >= 0.6 is 12.2 Å². The molecule has 2 aromatic rings. The minimum atomic E-state index is 0.489. The van der Waals surface area contributed by atoms with E-state index in [1.165, 1.54) is 0 Å². The molecule has 0 spiro atoms. The van der Waals surface area contributed by atoms with Crippen molar-refractivity contribution < 1.29 is 0 Å². The van der Waals surface area contributed by atoms with Gasteiger partial charge in [0.15, 0.2) is 4.77 Å². The molecule has 1 aromatic carbocycles. The maximum atomic E-state index is 5.01. The Hall–Kier alpha value is -1.81. The molecular weight excluding hydrogens is 230 g/mol. The van der Waals surface area contributed by atoms with Crippen LogP contribution in [0.15, 0.2) is 35.5 Å². The van der Waals surface area contributed by atoms with E-state index in [0.29, 0.717) is 4.77 Å². The number of hydrogen-bond acceptors (Lipinski definition) is 3. The van der Waals surface area contributed by atoms with Crippen molar-refractivity contribution in [3.05, 3.63) is 40.8 Å². The van der Waals surface area contributed by atoms with Crippen molar-refractivity contribution in [3.8, 4) is 11.3 Å². The lowest BCUT2D eigenvalue weighted by Gasteiger charge is -2.05. The highest BCUT2D eigenvalue weighted by Crippen LogP contribution is 2.25. The first-order valence-electron chi connectivity index (χ1n) is 5.36. The maximum absolute atomic E-state index is 5.01. The van der Waals surface area contributed by atoms with Crippen molar-refractivity contribution in [1.29, 1.82) is 0 Å². The number of aliphatic imine (C=N–C) groups is 1. The number of benzene rings is 1. The molecule has 0 fully saturated rings. The molecule has 1 N–H and O–H groups in total. The molecule has 0 saturated carbocycles. The van der Waals surface area contributed by atoms with E-state index in [1.54, 1.807) is 12.4 Å². The van der Waals surface area contributed by atoms with Gasteiger partial charge in [-0.05, 0) is 43.8 Å². The normalized spacial score (nSPS) is 10.9. The van der Waals surface area contributed by atoms with Gasteiger partial charge in [0.2, 0.25) is 0 Å². The fourth-order valence-corrected chi connectivity index (χ4v) is 1.76. The van der Waals surface area contributed by atoms with Gasteiger partial charge in [0.1, 0.15) is 0 Å². The summed E-state index contributed by atoms with van der Waals surface area (Å²) in [6, 6.07) is 8.04. The number of aromatic amines is 1. The smallest absolute Gasteiger partial charge is 0.197 e. The average molecular weight is 243 g/mol. The molecule has 3 nitrogen and oxygen atoms in total. The maximum Gasteiger partial charge on any atom is 0.197 e. The van der Waals surface area contributed by atoms with Crippen molar-refractivity contribution >= 4 is 24.1 Å². The number of aryl methyl sites for hydroxylation is 1. The molecule has 0 aliphatic heterocycles. The second-order valence-corrected chi connectivity index (χ2v) is 4.06. The van der Waals surface area contributed by atoms with Gasteiger partial charge >= 0.3 is 0 Å². The lowest BCUT2D eigenvalue weighted by atomic mass is 10.1. The molecule has 4 heteroatoms. The zero-order valence-electron chi connectivity index (χ0n) is 9.77. The summed E-state index contributed by atoms with van der Waals surface area (Å²) in [4.78, 5) is 11.4. The van der Waals surface area contributed by atoms with Gasteiger partial charge in [0, 0.05) is 23.7 Å². The lowest BCUT2D eigenvalue weighted by Crippen LogP contribution is -1.86. The third-order valence-corrected chi connectivity index (χ3v) is 2.67. The molecular formula is C13H13N3S. The van der Waals surface area contributed by atoms with Crippen molar-refractivity contribution in [2.75, 3.05) is 0 Å². The summed E-state index contributed by atoms with van der Waals surface area (Å²) >= 11 is 5.01. The minimum absolute atomic E-state index is 0.489. The monoisotopic (exact) mass is 243 g/mol. The summed E-state index contributed by atoms with van der Waals surface area (Å²) < 4.78 is 0.489. The standard InChI is InChI=1S/C13H13N3S/c1-3-14-12-8-10(5-4-9(12)2)11-6-7-15-13(17)16-11/h3-8H,1-2H3,(H,15,16,17). The fourth-order valence-electron chi connectivity index (χ4n) is 1.59. The van der Waals surface area contributed by atoms with Crippen LogP contribution < -0.4 is 0 Å². The van der Waals surface area contributed by atoms with Crippen molar-refractivity contribution in [2.24, 2.45) is 4.99 Å². The summed E-state index contributed by atoms with van der Waals surface area (Å²) in [5, 5.41) is 0. The van der Waals surface area contributed by atoms with Gasteiger partial charge in [0.25, 0.3) is 0 Å². The van der Waals surface area contributed by atoms with E-state index < -0.39 is 0 Å². The number of nitrogens with one attached hydrogen (secondary N) is 1. The van der Waals surface area contributed by atoms with Gasteiger partial charge in [0.05, 0.1) is 5.69 Å². The highest BCUT2D eigenvalue weighted by molar-refractivity contribution is 7.71. The van der Waals surface area contributed by atoms with Crippen LogP contribution in [0.25, 0.3) is 11.3 Å². The van der Waals surface area contributed by atoms with Crippen molar-refractivity contribution in [2.45, 2.75) is 13.8 Å². The summed E-state index contributed by atoms with van der Waals surface area (Å²) in [5.74, 6) is 0. The van der Waals surface area contributed by atoms with Crippen LogP contribution in [-0.2, 0) is 0 Å². The number of aromatic nitrogens is 2. The zero-order valence-corrected chi connectivity index (χ0v) is 10.6. The number of hydrogen-bond donors (Lipinski definition) is 1. The molecule has 0 radical (unpaired) electrons. The van der Waals surface area contributed by atoms with Gasteiger partial charge in [-0.2, -0.15) is 0 Å². The lowest BCUT2D eigenvalue weighted by molar-refractivity contribution is 1.14. The van der Waals surface area contributed by atoms with Gasteiger partial charge in [-0.25, -0.2) is 4.98 Å². The molecule has 17 heavy (non-hydrogen) atoms. The first kappa shape index (κ1) is 11.7. The summed E-state index contributed by atoms with van der Waals surface area (Å²) in [7, 11) is 0. The zero-order chi connectivity index (χ0) is 12.3. The van der Waals surface area contributed by atoms with Gasteiger partial charge in [-0.3, -0.25) is 4.99 Å². The molecule has 86 valence electrons. The van der Waals surface area contributed by atoms with E-state index in [9.17, 15) is 0 Å². The Kier molecular flexibility index (Phi) is 3.44. The van der Waals surface area contributed by atoms with Gasteiger partial charge < -0.3 is 4.98 Å². The summed E-state index contributed by atoms with van der Waals surface area (Å²) in [5.41, 5.74) is 4.14. The molecule has 0 amide bonds. The topological polar surface area (TPSA) is 41.0 Å². The first-order chi connectivity index (χ1) is 8.20. The Bertz CT molecular complexity index is 614. The molecule has 0 atom stereocenters. The van der Waals surface area contributed by atoms with Gasteiger partial charge in [-0.15, -0.1) is 0 Å². The summed E-state index contributed by atoms with van der Waals surface area (Å²) in [6.07, 6.45) is 3.50. The third kappa shape index (κ3) is 2.65. The molecule has 0 aliphatic carbocycles. The molecule has 0 unspecified atom stereocenters. The van der Waals surface area contributed by atoms with E-state index in [2.05, 4.69) is 21.0 Å². The second-order valence-electron chi connectivity index (χ2n) is 3.68. The predicted octanol–water partition coefficient (Wildman–Crippen LogP) is 3.84. The molecule has 0 saturated heterocycles. The molecule has 2 rings (SSSR count). The Morgan fingerprint density at radius 1 is 1.35 bits per heavy atom. The van der Waals surface area contributed by atoms with Crippen LogP contribution in [-0.4, -0.2) is 16.2 Å². The number of rotatable bonds is 2. The van der Waals surface area contributed by atoms with Crippen LogP contribution in [0, 0.1) is 11.7 Å². The minimum Gasteiger partial charge on any atom is -0.330 e. The van der Waals surface area contributed by atoms with Crippen LogP contribution in [0.2, 0.25) is 0 Å². The van der Waals surface area contributed by atoms with Crippen LogP contribution in [0.1, 0.15) is 12.5 Å². The van der Waals surface area contributed by atoms with Gasteiger partial charge in [-0.1, -0.05) is 12.1 Å². The molecule has 0 bridgehead atoms. The Morgan fingerprint density at radius 3 is 2.88 bits per heavy atom. The SMILES string of the molecule is CC=Nc1cc(-c2ccnc(=S)[nH]2)ccc1C. The van der Waals surface area contributed by atoms with Crippen LogP contribution in [0.5, 0.6) is 0 Å². The predicted molar refractivity (Wildman–Crippen MR) is 73.4 cm³/mol. The quantitative estimate of drug-likeness (QED) is 0.643. The Morgan fingerprint density at radius 2 is 2.18 bits per heavy atom. The van der Waals surface area contributed by atoms with Crippen LogP contribution in [0.4, 0.5) is 5.69 Å². The second kappa shape index (κ2) is 5.01. The molecule has 0 aliphatic rings. The Labute approximate surface area is 105 Å². The first-order valence-corrected chi connectivity index (χ1v) is 5.76. The third-order valence-electron chi connectivity index (χ3n) is 2.46. The average Bonchev–Trinajstić information content (AvgIpc) is 2.32. The van der Waals surface area contributed by atoms with E-state index >= 15 is 0 Å². The Balaban J connectivity index is 2.53. The summed E-state index contributed by atoms with van der Waals surface area (Å²) in [6.45, 7) is 3.95. The van der Waals surface area contributed by atoms with Crippen molar-refractivity contribution in [1.82, 2.24) is 9.97 Å². The van der Waals surface area contributed by atoms with E-state index in [4.69, 9.17) is 12.2 Å². The fraction of sp³-hybridized carbons (Fsp3) is 0.154. The number of H-pyrrole nitrogens is 1. The molecule has 1 aromatic heterocycles. The highest BCUT2D eigenvalue weighted by atomic mass is 32.1. The largest absolute Gasteiger partial charge is 0.330 e. The van der Waals surface area contributed by atoms with E-state index in [-0.39, 0.29) is 0 Å². The molecule has 1 heterocycles. The van der Waals surface area contributed by atoms with Crippen LogP contribution in [0.3, 0.4) is 0 Å². The highest BCUT2D eigenvalue weighted by Gasteiger charge is 2.01. The van der Waals surface area contributed by atoms with E-state index in [0.717, 1.165) is 22.5 Å². The number of nitrogens with zero attached hydrogens (tertiary/aromatic N) is 2. The van der Waals surface area contributed by atoms with E-state index in [1.807, 2.05) is 32.0 Å². The van der Waals surface area contributed by atoms with Crippen molar-refractivity contribution in [3.63, 3.8) is 0 Å².